The minimum absolute atomic E-state index is 0.348. The molecular formula is C10H21N5S. The predicted molar refractivity (Wildman–Crippen MR) is 67.5 cm³/mol. The lowest BCUT2D eigenvalue weighted by Gasteiger charge is -2.12. The summed E-state index contributed by atoms with van der Waals surface area (Å²) in [7, 11) is 0. The number of hydrogen-bond donors (Lipinski definition) is 1. The van der Waals surface area contributed by atoms with Crippen LogP contribution in [0, 0.1) is 5.92 Å². The highest BCUT2D eigenvalue weighted by Crippen LogP contribution is 2.11. The summed E-state index contributed by atoms with van der Waals surface area (Å²) < 4.78 is 1.91. The maximum atomic E-state index is 4.05. The average Bonchev–Trinajstić information content (AvgIpc) is 2.66. The van der Waals surface area contributed by atoms with E-state index in [-0.39, 0.29) is 0 Å². The number of thioether (sulfide) groups is 1. The molecule has 0 aliphatic heterocycles. The van der Waals surface area contributed by atoms with Gasteiger partial charge in [0.1, 0.15) is 0 Å². The molecule has 6 heteroatoms. The zero-order chi connectivity index (χ0) is 12.0. The molecule has 0 radical (unpaired) electrons. The molecule has 92 valence electrons. The third kappa shape index (κ3) is 4.09. The molecule has 1 rings (SSSR count). The van der Waals surface area contributed by atoms with Crippen LogP contribution in [-0.4, -0.2) is 38.8 Å². The van der Waals surface area contributed by atoms with Gasteiger partial charge in [0.2, 0.25) is 0 Å². The minimum atomic E-state index is 0.348. The van der Waals surface area contributed by atoms with Crippen molar-refractivity contribution in [3.05, 3.63) is 5.82 Å². The lowest BCUT2D eigenvalue weighted by atomic mass is 10.2. The molecular weight excluding hydrogens is 222 g/mol. The number of nitrogens with one attached hydrogen (secondary N) is 1. The van der Waals surface area contributed by atoms with Crippen LogP contribution < -0.4 is 5.32 Å². The molecule has 1 aromatic rings. The van der Waals surface area contributed by atoms with Crippen molar-refractivity contribution in [1.82, 2.24) is 25.5 Å². The van der Waals surface area contributed by atoms with E-state index in [1.165, 1.54) is 0 Å². The van der Waals surface area contributed by atoms with Crippen molar-refractivity contribution in [1.29, 1.82) is 0 Å². The zero-order valence-electron chi connectivity index (χ0n) is 10.5. The Labute approximate surface area is 101 Å². The van der Waals surface area contributed by atoms with E-state index in [0.717, 1.165) is 24.7 Å². The predicted octanol–water partition coefficient (Wildman–Crippen LogP) is 1.34. The van der Waals surface area contributed by atoms with E-state index < -0.39 is 0 Å². The first-order valence-electron chi connectivity index (χ1n) is 5.61. The first kappa shape index (κ1) is 13.4. The van der Waals surface area contributed by atoms with E-state index in [9.17, 15) is 0 Å². The van der Waals surface area contributed by atoms with Crippen molar-refractivity contribution < 1.29 is 0 Å². The van der Waals surface area contributed by atoms with Crippen molar-refractivity contribution in [3.63, 3.8) is 0 Å². The summed E-state index contributed by atoms with van der Waals surface area (Å²) in [5.41, 5.74) is 0. The molecule has 16 heavy (non-hydrogen) atoms. The lowest BCUT2D eigenvalue weighted by molar-refractivity contribution is 0.475. The van der Waals surface area contributed by atoms with Gasteiger partial charge in [-0.1, -0.05) is 13.8 Å². The molecule has 0 bridgehead atoms. The van der Waals surface area contributed by atoms with E-state index in [1.54, 1.807) is 0 Å². The Morgan fingerprint density at radius 2 is 2.12 bits per heavy atom. The second kappa shape index (κ2) is 6.85. The quantitative estimate of drug-likeness (QED) is 0.783. The molecule has 1 unspecified atom stereocenters. The van der Waals surface area contributed by atoms with Crippen LogP contribution in [0.2, 0.25) is 0 Å². The molecule has 5 nitrogen and oxygen atoms in total. The van der Waals surface area contributed by atoms with Gasteiger partial charge in [0.25, 0.3) is 0 Å². The Hall–Kier alpha value is -0.620. The van der Waals surface area contributed by atoms with Crippen molar-refractivity contribution in [2.24, 2.45) is 5.92 Å². The first-order chi connectivity index (χ1) is 7.65. The van der Waals surface area contributed by atoms with Gasteiger partial charge >= 0.3 is 0 Å². The Bertz CT molecular complexity index is 299. The van der Waals surface area contributed by atoms with Crippen molar-refractivity contribution in [2.75, 3.05) is 18.6 Å². The molecule has 1 heterocycles. The van der Waals surface area contributed by atoms with Gasteiger partial charge in [-0.3, -0.25) is 0 Å². The monoisotopic (exact) mass is 243 g/mol. The molecule has 0 aliphatic rings. The molecule has 0 aliphatic carbocycles. The summed E-state index contributed by atoms with van der Waals surface area (Å²) in [5, 5.41) is 15.2. The summed E-state index contributed by atoms with van der Waals surface area (Å²) in [6.45, 7) is 8.24. The van der Waals surface area contributed by atoms with Crippen molar-refractivity contribution in [2.45, 2.75) is 33.4 Å². The molecule has 0 aromatic carbocycles. The van der Waals surface area contributed by atoms with Crippen molar-refractivity contribution >= 4 is 11.8 Å². The second-order valence-corrected chi connectivity index (χ2v) is 5.28. The molecule has 0 spiro atoms. The first-order valence-corrected chi connectivity index (χ1v) is 7.01. The molecule has 0 saturated carbocycles. The third-order valence-corrected chi connectivity index (χ3v) is 3.04. The number of aromatic nitrogens is 4. The van der Waals surface area contributed by atoms with E-state index in [1.807, 2.05) is 16.4 Å². The maximum absolute atomic E-state index is 4.05. The maximum Gasteiger partial charge on any atom is 0.165 e. The van der Waals surface area contributed by atoms with Crippen LogP contribution in [0.5, 0.6) is 0 Å². The summed E-state index contributed by atoms with van der Waals surface area (Å²) in [6, 6.07) is 0.348. The van der Waals surface area contributed by atoms with Gasteiger partial charge in [0, 0.05) is 5.75 Å². The highest BCUT2D eigenvalue weighted by molar-refractivity contribution is 7.98. The van der Waals surface area contributed by atoms with Crippen LogP contribution in [0.15, 0.2) is 0 Å². The Balaban J connectivity index is 2.50. The zero-order valence-corrected chi connectivity index (χ0v) is 11.3. The topological polar surface area (TPSA) is 55.6 Å². The molecule has 0 amide bonds. The standard InChI is InChI=1S/C10H21N5S/c1-8(2)5-11-6-10-12-13-14-15(10)9(3)7-16-4/h8-9,11H,5-7H2,1-4H3. The smallest absolute Gasteiger partial charge is 0.165 e. The second-order valence-electron chi connectivity index (χ2n) is 4.37. The molecule has 0 fully saturated rings. The Morgan fingerprint density at radius 3 is 2.75 bits per heavy atom. The third-order valence-electron chi connectivity index (χ3n) is 2.22. The van der Waals surface area contributed by atoms with Gasteiger partial charge in [0.05, 0.1) is 12.6 Å². The lowest BCUT2D eigenvalue weighted by Crippen LogP contribution is -2.23. The van der Waals surface area contributed by atoms with Gasteiger partial charge in [-0.2, -0.15) is 11.8 Å². The summed E-state index contributed by atoms with van der Waals surface area (Å²) in [4.78, 5) is 0. The van der Waals surface area contributed by atoms with Gasteiger partial charge < -0.3 is 5.32 Å². The summed E-state index contributed by atoms with van der Waals surface area (Å²) in [6.07, 6.45) is 2.09. The van der Waals surface area contributed by atoms with Gasteiger partial charge in [-0.25, -0.2) is 4.68 Å². The van der Waals surface area contributed by atoms with E-state index in [0.29, 0.717) is 12.0 Å². The number of rotatable bonds is 7. The highest BCUT2D eigenvalue weighted by Gasteiger charge is 2.11. The van der Waals surface area contributed by atoms with Gasteiger partial charge in [-0.15, -0.1) is 5.10 Å². The fourth-order valence-electron chi connectivity index (χ4n) is 1.46. The molecule has 1 aromatic heterocycles. The van der Waals surface area contributed by atoms with Crippen LogP contribution in [-0.2, 0) is 6.54 Å². The van der Waals surface area contributed by atoms with Crippen molar-refractivity contribution in [3.8, 4) is 0 Å². The average molecular weight is 243 g/mol. The highest BCUT2D eigenvalue weighted by atomic mass is 32.2. The Morgan fingerprint density at radius 1 is 1.38 bits per heavy atom. The number of tetrazole rings is 1. The van der Waals surface area contributed by atoms with Crippen LogP contribution in [0.4, 0.5) is 0 Å². The van der Waals surface area contributed by atoms with Crippen LogP contribution in [0.3, 0.4) is 0 Å². The SMILES string of the molecule is CSCC(C)n1nnnc1CNCC(C)C. The van der Waals surface area contributed by atoms with E-state index in [2.05, 4.69) is 47.9 Å². The molecule has 0 saturated heterocycles. The van der Waals surface area contributed by atoms with Crippen LogP contribution >= 0.6 is 11.8 Å². The van der Waals surface area contributed by atoms with Crippen LogP contribution in [0.25, 0.3) is 0 Å². The summed E-state index contributed by atoms with van der Waals surface area (Å²) in [5.74, 6) is 2.59. The number of nitrogens with zero attached hydrogens (tertiary/aromatic N) is 4. The minimum Gasteiger partial charge on any atom is -0.310 e. The fourth-order valence-corrected chi connectivity index (χ4v) is 2.08. The van der Waals surface area contributed by atoms with E-state index >= 15 is 0 Å². The van der Waals surface area contributed by atoms with Gasteiger partial charge in [-0.05, 0) is 36.1 Å². The van der Waals surface area contributed by atoms with Gasteiger partial charge in [0.15, 0.2) is 5.82 Å². The van der Waals surface area contributed by atoms with E-state index in [4.69, 9.17) is 0 Å². The normalized spacial score (nSPS) is 13.3. The largest absolute Gasteiger partial charge is 0.310 e. The Kier molecular flexibility index (Phi) is 5.76. The number of hydrogen-bond acceptors (Lipinski definition) is 5. The summed E-state index contributed by atoms with van der Waals surface area (Å²) >= 11 is 1.81. The van der Waals surface area contributed by atoms with Crippen LogP contribution in [0.1, 0.15) is 32.6 Å². The molecule has 1 atom stereocenters. The molecule has 1 N–H and O–H groups in total. The fraction of sp³-hybridized carbons (Fsp3) is 0.900.